The number of nitrogens with one attached hydrogen (secondary N) is 1. The van der Waals surface area contributed by atoms with Crippen LogP contribution in [-0.4, -0.2) is 22.0 Å². The maximum absolute atomic E-state index is 11.4. The van der Waals surface area contributed by atoms with Crippen LogP contribution in [0.4, 0.5) is 0 Å². The van der Waals surface area contributed by atoms with Crippen LogP contribution in [0.5, 0.6) is 0 Å². The van der Waals surface area contributed by atoms with Crippen LogP contribution in [0.25, 0.3) is 0 Å². The van der Waals surface area contributed by atoms with Crippen molar-refractivity contribution in [3.8, 4) is 0 Å². The van der Waals surface area contributed by atoms with Crippen LogP contribution in [-0.2, 0) is 11.3 Å². The van der Waals surface area contributed by atoms with E-state index in [9.17, 15) is 9.59 Å². The minimum absolute atomic E-state index is 0.00877. The molecule has 2 N–H and O–H groups in total. The maximum Gasteiger partial charge on any atom is 0.355 e. The van der Waals surface area contributed by atoms with Crippen LogP contribution >= 0.6 is 11.3 Å². The fourth-order valence-electron chi connectivity index (χ4n) is 1.29. The molecule has 0 saturated carbocycles. The highest BCUT2D eigenvalue weighted by Gasteiger charge is 2.09. The van der Waals surface area contributed by atoms with E-state index in [0.717, 1.165) is 19.3 Å². The zero-order chi connectivity index (χ0) is 12.7. The van der Waals surface area contributed by atoms with Crippen molar-refractivity contribution < 1.29 is 14.7 Å². The van der Waals surface area contributed by atoms with Gasteiger partial charge in [0.2, 0.25) is 5.91 Å². The van der Waals surface area contributed by atoms with Crippen molar-refractivity contribution in [3.63, 3.8) is 0 Å². The topological polar surface area (TPSA) is 79.3 Å². The third-order valence-electron chi connectivity index (χ3n) is 2.22. The molecule has 0 aliphatic rings. The van der Waals surface area contributed by atoms with Crippen LogP contribution in [0.1, 0.15) is 48.1 Å². The number of carboxylic acid groups (broad SMARTS) is 1. The van der Waals surface area contributed by atoms with E-state index >= 15 is 0 Å². The van der Waals surface area contributed by atoms with Gasteiger partial charge in [-0.05, 0) is 6.42 Å². The highest BCUT2D eigenvalue weighted by molar-refractivity contribution is 7.09. The molecule has 1 aromatic heterocycles. The second kappa shape index (κ2) is 7.01. The van der Waals surface area contributed by atoms with Crippen LogP contribution in [0.3, 0.4) is 0 Å². The van der Waals surface area contributed by atoms with E-state index in [1.54, 1.807) is 0 Å². The molecule has 0 spiro atoms. The number of hydrogen-bond acceptors (Lipinski definition) is 4. The number of unbranched alkanes of at least 4 members (excludes halogenated alkanes) is 2. The molecule has 1 rings (SSSR count). The Hall–Kier alpha value is -1.43. The summed E-state index contributed by atoms with van der Waals surface area (Å²) in [5.41, 5.74) is 0.0326. The molecular formula is C11H16N2O3S. The molecule has 6 heteroatoms. The molecule has 0 unspecified atom stereocenters. The highest BCUT2D eigenvalue weighted by atomic mass is 32.1. The lowest BCUT2D eigenvalue weighted by atomic mass is 10.2. The Morgan fingerprint density at radius 1 is 1.47 bits per heavy atom. The van der Waals surface area contributed by atoms with Gasteiger partial charge in [-0.1, -0.05) is 19.8 Å². The van der Waals surface area contributed by atoms with Crippen LogP contribution in [0.15, 0.2) is 5.38 Å². The second-order valence-corrected chi connectivity index (χ2v) is 4.61. The zero-order valence-corrected chi connectivity index (χ0v) is 10.5. The molecule has 0 aliphatic heterocycles. The summed E-state index contributed by atoms with van der Waals surface area (Å²) in [5, 5.41) is 13.5. The van der Waals surface area contributed by atoms with Gasteiger partial charge in [0, 0.05) is 11.8 Å². The quantitative estimate of drug-likeness (QED) is 0.732. The Morgan fingerprint density at radius 2 is 2.24 bits per heavy atom. The van der Waals surface area contributed by atoms with Gasteiger partial charge in [0.25, 0.3) is 0 Å². The molecule has 17 heavy (non-hydrogen) atoms. The average molecular weight is 256 g/mol. The van der Waals surface area contributed by atoms with Gasteiger partial charge in [-0.25, -0.2) is 9.78 Å². The molecule has 0 aromatic carbocycles. The summed E-state index contributed by atoms with van der Waals surface area (Å²) in [6.45, 7) is 2.39. The monoisotopic (exact) mass is 256 g/mol. The Labute approximate surface area is 104 Å². The fourth-order valence-corrected chi connectivity index (χ4v) is 2.00. The number of carbonyl (C=O) groups excluding carboxylic acids is 1. The molecule has 0 saturated heterocycles. The highest BCUT2D eigenvalue weighted by Crippen LogP contribution is 2.09. The summed E-state index contributed by atoms with van der Waals surface area (Å²) < 4.78 is 0. The molecule has 94 valence electrons. The number of aromatic nitrogens is 1. The van der Waals surface area contributed by atoms with E-state index in [-0.39, 0.29) is 11.6 Å². The van der Waals surface area contributed by atoms with E-state index in [1.165, 1.54) is 16.7 Å². The van der Waals surface area contributed by atoms with Gasteiger partial charge in [-0.15, -0.1) is 11.3 Å². The van der Waals surface area contributed by atoms with Gasteiger partial charge >= 0.3 is 5.97 Å². The van der Waals surface area contributed by atoms with E-state index < -0.39 is 5.97 Å². The molecule has 0 fully saturated rings. The molecule has 1 aromatic rings. The number of aromatic carboxylic acids is 1. The first kappa shape index (κ1) is 13.6. The molecule has 0 bridgehead atoms. The van der Waals surface area contributed by atoms with Crippen molar-refractivity contribution in [1.29, 1.82) is 0 Å². The van der Waals surface area contributed by atoms with Crippen molar-refractivity contribution in [2.24, 2.45) is 0 Å². The van der Waals surface area contributed by atoms with Gasteiger partial charge in [0.1, 0.15) is 5.01 Å². The van der Waals surface area contributed by atoms with Crippen molar-refractivity contribution in [2.45, 2.75) is 39.2 Å². The van der Waals surface area contributed by atoms with E-state index in [4.69, 9.17) is 5.11 Å². The minimum atomic E-state index is -1.04. The van der Waals surface area contributed by atoms with Crippen molar-refractivity contribution in [2.75, 3.05) is 0 Å². The number of rotatable bonds is 7. The lowest BCUT2D eigenvalue weighted by molar-refractivity contribution is -0.121. The predicted molar refractivity (Wildman–Crippen MR) is 65.1 cm³/mol. The van der Waals surface area contributed by atoms with Gasteiger partial charge in [-0.3, -0.25) is 4.79 Å². The molecule has 0 aliphatic carbocycles. The number of hydrogen-bond donors (Lipinski definition) is 2. The smallest absolute Gasteiger partial charge is 0.355 e. The van der Waals surface area contributed by atoms with Gasteiger partial charge in [0.15, 0.2) is 5.69 Å². The molecule has 1 amide bonds. The van der Waals surface area contributed by atoms with Crippen LogP contribution in [0.2, 0.25) is 0 Å². The fraction of sp³-hybridized carbons (Fsp3) is 0.545. The lowest BCUT2D eigenvalue weighted by Crippen LogP contribution is -2.22. The van der Waals surface area contributed by atoms with Crippen LogP contribution < -0.4 is 5.32 Å². The Morgan fingerprint density at radius 3 is 2.82 bits per heavy atom. The lowest BCUT2D eigenvalue weighted by Gasteiger charge is -2.02. The first-order chi connectivity index (χ1) is 8.13. The van der Waals surface area contributed by atoms with Crippen molar-refractivity contribution in [3.05, 3.63) is 16.1 Å². The first-order valence-electron chi connectivity index (χ1n) is 5.58. The van der Waals surface area contributed by atoms with E-state index in [2.05, 4.69) is 17.2 Å². The molecule has 5 nitrogen and oxygen atoms in total. The second-order valence-electron chi connectivity index (χ2n) is 3.67. The summed E-state index contributed by atoms with van der Waals surface area (Å²) in [6, 6.07) is 0. The Balaban J connectivity index is 2.29. The standard InChI is InChI=1S/C11H16N2O3S/c1-2-3-4-5-9(14)12-6-10-13-8(7-17-10)11(15)16/h7H,2-6H2,1H3,(H,12,14)(H,15,16). The zero-order valence-electron chi connectivity index (χ0n) is 9.73. The number of nitrogens with zero attached hydrogens (tertiary/aromatic N) is 1. The molecule has 0 atom stereocenters. The van der Waals surface area contributed by atoms with Crippen LogP contribution in [0, 0.1) is 0 Å². The Bertz CT molecular complexity index is 390. The SMILES string of the molecule is CCCCCC(=O)NCc1nc(C(=O)O)cs1. The molecule has 1 heterocycles. The van der Waals surface area contributed by atoms with Gasteiger partial charge in [-0.2, -0.15) is 0 Å². The number of carboxylic acids is 1. The predicted octanol–water partition coefficient (Wildman–Crippen LogP) is 2.04. The maximum atomic E-state index is 11.4. The van der Waals surface area contributed by atoms with Gasteiger partial charge < -0.3 is 10.4 Å². The average Bonchev–Trinajstić information content (AvgIpc) is 2.75. The summed E-state index contributed by atoms with van der Waals surface area (Å²) in [5.74, 6) is -1.05. The Kier molecular flexibility index (Phi) is 5.62. The summed E-state index contributed by atoms with van der Waals surface area (Å²) in [7, 11) is 0. The third kappa shape index (κ3) is 4.95. The first-order valence-corrected chi connectivity index (χ1v) is 6.45. The van der Waals surface area contributed by atoms with Crippen molar-refractivity contribution in [1.82, 2.24) is 10.3 Å². The summed E-state index contributed by atoms with van der Waals surface area (Å²) in [6.07, 6.45) is 3.54. The largest absolute Gasteiger partial charge is 0.476 e. The number of amides is 1. The normalized spacial score (nSPS) is 10.2. The molecular weight excluding hydrogens is 240 g/mol. The summed E-state index contributed by atoms with van der Waals surface area (Å²) in [4.78, 5) is 25.8. The molecule has 0 radical (unpaired) electrons. The number of carbonyl (C=O) groups is 2. The van der Waals surface area contributed by atoms with Crippen molar-refractivity contribution >= 4 is 23.2 Å². The third-order valence-corrected chi connectivity index (χ3v) is 3.06. The van der Waals surface area contributed by atoms with Gasteiger partial charge in [0.05, 0.1) is 6.54 Å². The van der Waals surface area contributed by atoms with E-state index in [0.29, 0.717) is 18.0 Å². The van der Waals surface area contributed by atoms with E-state index in [1.807, 2.05) is 0 Å². The number of thiazole rings is 1. The minimum Gasteiger partial charge on any atom is -0.476 e. The summed E-state index contributed by atoms with van der Waals surface area (Å²) >= 11 is 1.24.